The summed E-state index contributed by atoms with van der Waals surface area (Å²) in [5, 5.41) is 9.08. The molecule has 2 N–H and O–H groups in total. The van der Waals surface area contributed by atoms with Crippen molar-refractivity contribution in [3.05, 3.63) is 46.6 Å². The van der Waals surface area contributed by atoms with Gasteiger partial charge in [-0.05, 0) is 24.7 Å². The van der Waals surface area contributed by atoms with Crippen molar-refractivity contribution in [1.29, 1.82) is 0 Å². The van der Waals surface area contributed by atoms with E-state index < -0.39 is 0 Å². The summed E-state index contributed by atoms with van der Waals surface area (Å²) < 4.78 is 1.46. The van der Waals surface area contributed by atoms with E-state index in [-0.39, 0.29) is 5.69 Å². The third-order valence-corrected chi connectivity index (χ3v) is 2.15. The summed E-state index contributed by atoms with van der Waals surface area (Å²) in [4.78, 5) is 11.3. The minimum Gasteiger partial charge on any atom is -0.316 e. The van der Waals surface area contributed by atoms with Gasteiger partial charge in [0, 0.05) is 6.54 Å². The standard InChI is InChI=1S/C10H12N4O/c1-11-6-8-2-4-9(5-3-8)14-7-12-13-10(14)15/h2-5,7,11H,6H2,1H3,(H,13,15). The van der Waals surface area contributed by atoms with E-state index in [1.165, 1.54) is 16.5 Å². The van der Waals surface area contributed by atoms with Crippen LogP contribution in [-0.4, -0.2) is 21.8 Å². The molecular formula is C10H12N4O. The number of rotatable bonds is 3. The highest BCUT2D eigenvalue weighted by Crippen LogP contribution is 2.06. The Balaban J connectivity index is 2.32. The quantitative estimate of drug-likeness (QED) is 0.754. The van der Waals surface area contributed by atoms with E-state index in [4.69, 9.17) is 0 Å². The number of nitrogens with zero attached hydrogens (tertiary/aromatic N) is 2. The van der Waals surface area contributed by atoms with Gasteiger partial charge in [-0.3, -0.25) is 0 Å². The first kappa shape index (κ1) is 9.67. The summed E-state index contributed by atoms with van der Waals surface area (Å²) in [6.07, 6.45) is 1.47. The lowest BCUT2D eigenvalue weighted by Crippen LogP contribution is -2.14. The van der Waals surface area contributed by atoms with Gasteiger partial charge < -0.3 is 5.32 Å². The van der Waals surface area contributed by atoms with Gasteiger partial charge in [0.15, 0.2) is 0 Å². The average molecular weight is 204 g/mol. The molecule has 2 aromatic rings. The predicted octanol–water partition coefficient (Wildman–Crippen LogP) is 0.280. The molecule has 0 aliphatic carbocycles. The molecule has 0 bridgehead atoms. The Morgan fingerprint density at radius 2 is 2.13 bits per heavy atom. The van der Waals surface area contributed by atoms with E-state index in [0.29, 0.717) is 0 Å². The number of benzene rings is 1. The van der Waals surface area contributed by atoms with Crippen molar-refractivity contribution in [1.82, 2.24) is 20.1 Å². The zero-order chi connectivity index (χ0) is 10.7. The molecule has 0 saturated carbocycles. The van der Waals surface area contributed by atoms with Crippen molar-refractivity contribution in [2.24, 2.45) is 0 Å². The van der Waals surface area contributed by atoms with Crippen LogP contribution in [0.5, 0.6) is 0 Å². The third-order valence-electron chi connectivity index (χ3n) is 2.15. The fourth-order valence-electron chi connectivity index (χ4n) is 1.41. The van der Waals surface area contributed by atoms with Gasteiger partial charge in [0.05, 0.1) is 5.69 Å². The molecule has 0 amide bonds. The highest BCUT2D eigenvalue weighted by Gasteiger charge is 1.99. The van der Waals surface area contributed by atoms with Crippen molar-refractivity contribution in [2.45, 2.75) is 6.54 Å². The molecule has 78 valence electrons. The molecule has 0 aliphatic rings. The maximum atomic E-state index is 11.3. The van der Waals surface area contributed by atoms with Gasteiger partial charge in [-0.1, -0.05) is 12.1 Å². The Morgan fingerprint density at radius 1 is 1.40 bits per heavy atom. The molecule has 0 spiro atoms. The Kier molecular flexibility index (Phi) is 2.64. The summed E-state index contributed by atoms with van der Waals surface area (Å²) in [5.41, 5.74) is 1.77. The van der Waals surface area contributed by atoms with Gasteiger partial charge in [-0.2, -0.15) is 5.10 Å². The van der Waals surface area contributed by atoms with Gasteiger partial charge in [-0.25, -0.2) is 14.5 Å². The lowest BCUT2D eigenvalue weighted by Gasteiger charge is -2.02. The summed E-state index contributed by atoms with van der Waals surface area (Å²) in [6, 6.07) is 7.74. The Hall–Kier alpha value is -1.88. The molecule has 2 rings (SSSR count). The van der Waals surface area contributed by atoms with Crippen molar-refractivity contribution in [3.63, 3.8) is 0 Å². The topological polar surface area (TPSA) is 62.7 Å². The zero-order valence-corrected chi connectivity index (χ0v) is 8.40. The van der Waals surface area contributed by atoms with Gasteiger partial charge in [0.1, 0.15) is 6.33 Å². The molecule has 5 heteroatoms. The minimum absolute atomic E-state index is 0.226. The maximum Gasteiger partial charge on any atom is 0.347 e. The number of hydrogen-bond donors (Lipinski definition) is 2. The first-order valence-electron chi connectivity index (χ1n) is 4.67. The van der Waals surface area contributed by atoms with Gasteiger partial charge >= 0.3 is 5.69 Å². The largest absolute Gasteiger partial charge is 0.347 e. The van der Waals surface area contributed by atoms with Crippen LogP contribution in [0.2, 0.25) is 0 Å². The molecule has 1 aromatic carbocycles. The lowest BCUT2D eigenvalue weighted by molar-refractivity contribution is 0.817. The second kappa shape index (κ2) is 4.10. The first-order chi connectivity index (χ1) is 7.31. The van der Waals surface area contributed by atoms with Crippen molar-refractivity contribution in [3.8, 4) is 5.69 Å². The third kappa shape index (κ3) is 1.97. The summed E-state index contributed by atoms with van der Waals surface area (Å²) in [5.74, 6) is 0. The Morgan fingerprint density at radius 3 is 2.67 bits per heavy atom. The van der Waals surface area contributed by atoms with Crippen LogP contribution >= 0.6 is 0 Å². The molecule has 0 radical (unpaired) electrons. The Labute approximate surface area is 86.8 Å². The molecule has 0 unspecified atom stereocenters. The van der Waals surface area contributed by atoms with Crippen LogP contribution in [-0.2, 0) is 6.54 Å². The van der Waals surface area contributed by atoms with Crippen molar-refractivity contribution < 1.29 is 0 Å². The van der Waals surface area contributed by atoms with Crippen molar-refractivity contribution in [2.75, 3.05) is 7.05 Å². The van der Waals surface area contributed by atoms with Crippen LogP contribution in [0.15, 0.2) is 35.4 Å². The van der Waals surface area contributed by atoms with E-state index in [0.717, 1.165) is 12.2 Å². The summed E-state index contributed by atoms with van der Waals surface area (Å²) >= 11 is 0. The second-order valence-electron chi connectivity index (χ2n) is 3.23. The second-order valence-corrected chi connectivity index (χ2v) is 3.23. The molecular weight excluding hydrogens is 192 g/mol. The summed E-state index contributed by atoms with van der Waals surface area (Å²) in [7, 11) is 1.90. The highest BCUT2D eigenvalue weighted by molar-refractivity contribution is 5.34. The fraction of sp³-hybridized carbons (Fsp3) is 0.200. The first-order valence-corrected chi connectivity index (χ1v) is 4.67. The molecule has 0 atom stereocenters. The number of aromatic nitrogens is 3. The van der Waals surface area contributed by atoms with E-state index in [9.17, 15) is 4.79 Å². The van der Waals surface area contributed by atoms with E-state index in [1.54, 1.807) is 0 Å². The van der Waals surface area contributed by atoms with Gasteiger partial charge in [-0.15, -0.1) is 0 Å². The monoisotopic (exact) mass is 204 g/mol. The molecule has 1 aromatic heterocycles. The van der Waals surface area contributed by atoms with E-state index in [1.807, 2.05) is 31.3 Å². The van der Waals surface area contributed by atoms with E-state index >= 15 is 0 Å². The molecule has 0 saturated heterocycles. The van der Waals surface area contributed by atoms with Crippen LogP contribution in [0, 0.1) is 0 Å². The average Bonchev–Trinajstić information content (AvgIpc) is 2.66. The van der Waals surface area contributed by atoms with Gasteiger partial charge in [0.2, 0.25) is 0 Å². The predicted molar refractivity (Wildman–Crippen MR) is 56.9 cm³/mol. The molecule has 1 heterocycles. The molecule has 0 aliphatic heterocycles. The number of hydrogen-bond acceptors (Lipinski definition) is 3. The van der Waals surface area contributed by atoms with Gasteiger partial charge in [0.25, 0.3) is 0 Å². The normalized spacial score (nSPS) is 10.5. The fourth-order valence-corrected chi connectivity index (χ4v) is 1.41. The van der Waals surface area contributed by atoms with Crippen LogP contribution in [0.1, 0.15) is 5.56 Å². The Bertz CT molecular complexity index is 483. The van der Waals surface area contributed by atoms with Crippen LogP contribution in [0.25, 0.3) is 5.69 Å². The SMILES string of the molecule is CNCc1ccc(-n2cn[nH]c2=O)cc1. The smallest absolute Gasteiger partial charge is 0.316 e. The zero-order valence-electron chi connectivity index (χ0n) is 8.40. The van der Waals surface area contributed by atoms with Crippen LogP contribution < -0.4 is 11.0 Å². The number of aromatic amines is 1. The molecule has 5 nitrogen and oxygen atoms in total. The lowest BCUT2D eigenvalue weighted by atomic mass is 10.2. The number of H-pyrrole nitrogens is 1. The minimum atomic E-state index is -0.226. The summed E-state index contributed by atoms with van der Waals surface area (Å²) in [6.45, 7) is 0.820. The highest BCUT2D eigenvalue weighted by atomic mass is 16.1. The van der Waals surface area contributed by atoms with Crippen molar-refractivity contribution >= 4 is 0 Å². The van der Waals surface area contributed by atoms with E-state index in [2.05, 4.69) is 15.5 Å². The maximum absolute atomic E-state index is 11.3. The molecule has 15 heavy (non-hydrogen) atoms. The van der Waals surface area contributed by atoms with Crippen LogP contribution in [0.4, 0.5) is 0 Å². The molecule has 0 fully saturated rings. The van der Waals surface area contributed by atoms with Crippen LogP contribution in [0.3, 0.4) is 0 Å². The number of nitrogens with one attached hydrogen (secondary N) is 2.